The Kier molecular flexibility index (Phi) is 8.73. The van der Waals surface area contributed by atoms with Crippen molar-refractivity contribution in [2.45, 2.75) is 43.5 Å². The zero-order valence-corrected chi connectivity index (χ0v) is 21.1. The standard InChI is InChI=1S/C25H21F9N4O4/c26-10-5-13(27)18(14(28)6-10)38-8-12(24(41)35-17(21(33)34)16(30)20(31)32)19(40)11-7-15(29)23(36-22(11)38)37-3-1-25(42,9-39)2-4-37/h5-8,16-17,20-21,39,42H,1-4,9H2,(H,35,41). The second-order valence-electron chi connectivity index (χ2n) is 9.61. The fraction of sp³-hybridized carbons (Fsp3) is 0.400. The van der Waals surface area contributed by atoms with Crippen molar-refractivity contribution in [3.63, 3.8) is 0 Å². The number of nitrogens with one attached hydrogen (secondary N) is 1. The summed E-state index contributed by atoms with van der Waals surface area (Å²) >= 11 is 0. The first kappa shape index (κ1) is 31.1. The molecule has 3 aromatic rings. The maximum atomic E-state index is 15.3. The molecule has 3 heterocycles. The van der Waals surface area contributed by atoms with Crippen molar-refractivity contribution in [3.05, 3.63) is 63.5 Å². The molecule has 0 saturated carbocycles. The molecular weight excluding hydrogens is 591 g/mol. The first-order valence-electron chi connectivity index (χ1n) is 12.2. The van der Waals surface area contributed by atoms with Crippen molar-refractivity contribution < 1.29 is 54.5 Å². The molecule has 1 aromatic carbocycles. The van der Waals surface area contributed by atoms with Crippen molar-refractivity contribution in [2.75, 3.05) is 24.6 Å². The topological polar surface area (TPSA) is 108 Å². The number of hydrogen-bond donors (Lipinski definition) is 3. The third kappa shape index (κ3) is 5.88. The number of fused-ring (bicyclic) bond motifs is 1. The Morgan fingerprint density at radius 3 is 2.10 bits per heavy atom. The van der Waals surface area contributed by atoms with E-state index < -0.39 is 100.0 Å². The Bertz CT molecular complexity index is 1540. The van der Waals surface area contributed by atoms with Gasteiger partial charge in [-0.1, -0.05) is 0 Å². The van der Waals surface area contributed by atoms with E-state index in [1.54, 1.807) is 0 Å². The second kappa shape index (κ2) is 11.8. The number of nitrogens with zero attached hydrogens (tertiary/aromatic N) is 3. The highest BCUT2D eigenvalue weighted by Gasteiger charge is 2.38. The van der Waals surface area contributed by atoms with E-state index in [-0.39, 0.29) is 38.1 Å². The van der Waals surface area contributed by atoms with Crippen molar-refractivity contribution in [2.24, 2.45) is 0 Å². The van der Waals surface area contributed by atoms with Crippen LogP contribution in [0.25, 0.3) is 16.7 Å². The molecule has 1 amide bonds. The minimum absolute atomic E-state index is 0.0464. The summed E-state index contributed by atoms with van der Waals surface area (Å²) < 4.78 is 125. The van der Waals surface area contributed by atoms with E-state index in [0.29, 0.717) is 16.8 Å². The van der Waals surface area contributed by atoms with Gasteiger partial charge in [0.25, 0.3) is 18.8 Å². The van der Waals surface area contributed by atoms with E-state index >= 15 is 4.39 Å². The van der Waals surface area contributed by atoms with Crippen LogP contribution in [0.15, 0.2) is 29.2 Å². The molecule has 228 valence electrons. The van der Waals surface area contributed by atoms with Gasteiger partial charge in [0, 0.05) is 31.4 Å². The molecular formula is C25H21F9N4O4. The number of carbonyl (C=O) groups is 1. The number of carbonyl (C=O) groups excluding carboxylic acids is 1. The molecule has 17 heteroatoms. The predicted molar refractivity (Wildman–Crippen MR) is 129 cm³/mol. The monoisotopic (exact) mass is 612 g/mol. The van der Waals surface area contributed by atoms with Gasteiger partial charge in [-0.15, -0.1) is 0 Å². The molecule has 0 radical (unpaired) electrons. The molecule has 3 N–H and O–H groups in total. The summed E-state index contributed by atoms with van der Waals surface area (Å²) in [7, 11) is 0. The first-order chi connectivity index (χ1) is 19.7. The van der Waals surface area contributed by atoms with E-state index in [4.69, 9.17) is 0 Å². The number of alkyl halides is 5. The molecule has 1 aliphatic heterocycles. The summed E-state index contributed by atoms with van der Waals surface area (Å²) in [4.78, 5) is 31.2. The molecule has 0 aliphatic carbocycles. The summed E-state index contributed by atoms with van der Waals surface area (Å²) in [5.74, 6) is -8.13. The number of halogens is 9. The Hall–Kier alpha value is -3.86. The summed E-state index contributed by atoms with van der Waals surface area (Å²) in [5.41, 5.74) is -5.99. The number of aliphatic hydroxyl groups is 2. The van der Waals surface area contributed by atoms with Gasteiger partial charge < -0.3 is 20.4 Å². The normalized spacial score (nSPS) is 16.7. The lowest BCUT2D eigenvalue weighted by molar-refractivity contribution is -0.0327. The van der Waals surface area contributed by atoms with Crippen LogP contribution < -0.4 is 15.6 Å². The number of pyridine rings is 2. The zero-order chi connectivity index (χ0) is 31.1. The number of rotatable bonds is 8. The summed E-state index contributed by atoms with van der Waals surface area (Å²) in [6, 6.07) is -2.15. The smallest absolute Gasteiger partial charge is 0.271 e. The van der Waals surface area contributed by atoms with Gasteiger partial charge in [-0.25, -0.2) is 44.5 Å². The minimum Gasteiger partial charge on any atom is -0.393 e. The van der Waals surface area contributed by atoms with Crippen LogP contribution in [0.5, 0.6) is 0 Å². The van der Waals surface area contributed by atoms with E-state index in [2.05, 4.69) is 4.98 Å². The molecule has 2 aromatic heterocycles. The zero-order valence-electron chi connectivity index (χ0n) is 21.1. The molecule has 8 nitrogen and oxygen atoms in total. The molecule has 0 bridgehead atoms. The number of hydrogen-bond acceptors (Lipinski definition) is 6. The Balaban J connectivity index is 1.92. The molecule has 2 atom stereocenters. The van der Waals surface area contributed by atoms with Gasteiger partial charge in [-0.3, -0.25) is 14.2 Å². The second-order valence-corrected chi connectivity index (χ2v) is 9.61. The largest absolute Gasteiger partial charge is 0.393 e. The fourth-order valence-electron chi connectivity index (χ4n) is 4.49. The van der Waals surface area contributed by atoms with Crippen LogP contribution >= 0.6 is 0 Å². The lowest BCUT2D eigenvalue weighted by Gasteiger charge is -2.37. The quantitative estimate of drug-likeness (QED) is 0.338. The van der Waals surface area contributed by atoms with Crippen molar-refractivity contribution in [1.82, 2.24) is 14.9 Å². The van der Waals surface area contributed by atoms with Crippen LogP contribution in [0, 0.1) is 23.3 Å². The molecule has 2 unspecified atom stereocenters. The fourth-order valence-corrected chi connectivity index (χ4v) is 4.49. The highest BCUT2D eigenvalue weighted by molar-refractivity contribution is 5.97. The third-order valence-corrected chi connectivity index (χ3v) is 6.82. The van der Waals surface area contributed by atoms with Crippen molar-refractivity contribution >= 4 is 22.8 Å². The van der Waals surface area contributed by atoms with Crippen LogP contribution in [0.1, 0.15) is 23.2 Å². The third-order valence-electron chi connectivity index (χ3n) is 6.82. The number of aromatic nitrogens is 2. The molecule has 1 aliphatic rings. The number of benzene rings is 1. The number of anilines is 1. The van der Waals surface area contributed by atoms with Gasteiger partial charge in [0.15, 0.2) is 35.1 Å². The molecule has 4 rings (SSSR count). The average molecular weight is 612 g/mol. The predicted octanol–water partition coefficient (Wildman–Crippen LogP) is 3.23. The molecule has 1 fully saturated rings. The number of piperidine rings is 1. The SMILES string of the molecule is O=C(NC(C(F)F)C(F)C(F)F)c1cn(-c2c(F)cc(F)cc2F)c2nc(N3CCC(O)(CO)CC3)c(F)cc2c1=O. The van der Waals surface area contributed by atoms with Gasteiger partial charge >= 0.3 is 0 Å². The Labute approximate surface area is 230 Å². The van der Waals surface area contributed by atoms with Crippen molar-refractivity contribution in [1.29, 1.82) is 0 Å². The minimum atomic E-state index is -3.96. The van der Waals surface area contributed by atoms with Gasteiger partial charge in [0.05, 0.1) is 17.6 Å². The van der Waals surface area contributed by atoms with E-state index in [1.165, 1.54) is 10.2 Å². The average Bonchev–Trinajstić information content (AvgIpc) is 2.92. The summed E-state index contributed by atoms with van der Waals surface area (Å²) in [6.07, 6.45) is -11.1. The first-order valence-corrected chi connectivity index (χ1v) is 12.2. The maximum absolute atomic E-state index is 15.3. The summed E-state index contributed by atoms with van der Waals surface area (Å²) in [6.45, 7) is -0.727. The van der Waals surface area contributed by atoms with Gasteiger partial charge in [0.1, 0.15) is 23.1 Å². The van der Waals surface area contributed by atoms with Gasteiger partial charge in [0.2, 0.25) is 5.43 Å². The van der Waals surface area contributed by atoms with Crippen LogP contribution in [-0.2, 0) is 0 Å². The highest BCUT2D eigenvalue weighted by Crippen LogP contribution is 2.30. The van der Waals surface area contributed by atoms with E-state index in [9.17, 15) is 54.9 Å². The summed E-state index contributed by atoms with van der Waals surface area (Å²) in [5, 5.41) is 20.0. The molecule has 42 heavy (non-hydrogen) atoms. The van der Waals surface area contributed by atoms with Gasteiger partial charge in [-0.2, -0.15) is 0 Å². The van der Waals surface area contributed by atoms with Crippen LogP contribution in [0.4, 0.5) is 45.3 Å². The van der Waals surface area contributed by atoms with Crippen LogP contribution in [-0.4, -0.2) is 76.0 Å². The maximum Gasteiger partial charge on any atom is 0.271 e. The van der Waals surface area contributed by atoms with E-state index in [0.717, 1.165) is 0 Å². The van der Waals surface area contributed by atoms with E-state index in [1.807, 2.05) is 0 Å². The highest BCUT2D eigenvalue weighted by atomic mass is 19.3. The Morgan fingerprint density at radius 1 is 0.976 bits per heavy atom. The Morgan fingerprint density at radius 2 is 1.57 bits per heavy atom. The number of amides is 1. The van der Waals surface area contributed by atoms with Gasteiger partial charge in [-0.05, 0) is 18.9 Å². The van der Waals surface area contributed by atoms with Crippen molar-refractivity contribution in [3.8, 4) is 5.69 Å². The molecule has 0 spiro atoms. The molecule has 1 saturated heterocycles. The van der Waals surface area contributed by atoms with Crippen LogP contribution in [0.2, 0.25) is 0 Å². The lowest BCUT2D eigenvalue weighted by atomic mass is 9.92. The number of aliphatic hydroxyl groups excluding tert-OH is 1. The lowest BCUT2D eigenvalue weighted by Crippen LogP contribution is -2.50. The van der Waals surface area contributed by atoms with Crippen LogP contribution in [0.3, 0.4) is 0 Å².